The van der Waals surface area contributed by atoms with E-state index >= 15 is 0 Å². The third kappa shape index (κ3) is 4.55. The summed E-state index contributed by atoms with van der Waals surface area (Å²) < 4.78 is 0. The second-order valence-corrected chi connectivity index (χ2v) is 9.46. The average Bonchev–Trinajstić information content (AvgIpc) is 3.18. The van der Waals surface area contributed by atoms with Gasteiger partial charge >= 0.3 is 0 Å². The van der Waals surface area contributed by atoms with Gasteiger partial charge in [-0.15, -0.1) is 0 Å². The van der Waals surface area contributed by atoms with Crippen LogP contribution in [0.1, 0.15) is 16.7 Å². The molecule has 1 saturated heterocycles. The van der Waals surface area contributed by atoms with E-state index in [2.05, 4.69) is 102 Å². The van der Waals surface area contributed by atoms with E-state index in [1.807, 2.05) is 23.1 Å². The molecule has 3 heteroatoms. The summed E-state index contributed by atoms with van der Waals surface area (Å²) in [7, 11) is 0. The number of benzene rings is 5. The summed E-state index contributed by atoms with van der Waals surface area (Å²) in [6.07, 6.45) is 1.41. The van der Waals surface area contributed by atoms with E-state index in [9.17, 15) is 4.79 Å². The summed E-state index contributed by atoms with van der Waals surface area (Å²) in [6.45, 7) is 0.610. The normalized spacial score (nSPS) is 17.9. The zero-order chi connectivity index (χ0) is 23.6. The minimum Gasteiger partial charge on any atom is -0.321 e. The van der Waals surface area contributed by atoms with Gasteiger partial charge in [0.25, 0.3) is 0 Å². The van der Waals surface area contributed by atoms with Crippen LogP contribution in [0.3, 0.4) is 0 Å². The number of hydrogen-bond donors (Lipinski definition) is 1. The van der Waals surface area contributed by atoms with E-state index in [1.165, 1.54) is 32.7 Å². The lowest BCUT2D eigenvalue weighted by Crippen LogP contribution is -2.38. The van der Waals surface area contributed by atoms with Crippen LogP contribution >= 0.6 is 0 Å². The molecule has 2 atom stereocenters. The Bertz CT molecular complexity index is 1490. The van der Waals surface area contributed by atoms with Crippen LogP contribution in [0.5, 0.6) is 0 Å². The van der Waals surface area contributed by atoms with Crippen LogP contribution in [-0.4, -0.2) is 23.0 Å². The minimum absolute atomic E-state index is 0.0469. The summed E-state index contributed by atoms with van der Waals surface area (Å²) in [5.41, 5.74) is 3.57. The van der Waals surface area contributed by atoms with E-state index in [4.69, 9.17) is 0 Å². The van der Waals surface area contributed by atoms with Crippen molar-refractivity contribution in [2.45, 2.75) is 31.6 Å². The van der Waals surface area contributed by atoms with E-state index in [0.717, 1.165) is 12.0 Å². The quantitative estimate of drug-likeness (QED) is 0.335. The molecule has 6 rings (SSSR count). The van der Waals surface area contributed by atoms with Crippen molar-refractivity contribution in [1.82, 2.24) is 10.2 Å². The van der Waals surface area contributed by atoms with Crippen LogP contribution in [0.15, 0.2) is 115 Å². The van der Waals surface area contributed by atoms with Gasteiger partial charge in [0.15, 0.2) is 0 Å². The van der Waals surface area contributed by atoms with E-state index in [-0.39, 0.29) is 18.1 Å². The Labute approximate surface area is 206 Å². The number of carbonyl (C=O) groups excluding carboxylic acids is 1. The van der Waals surface area contributed by atoms with Crippen molar-refractivity contribution >= 4 is 27.5 Å². The number of fused-ring (bicyclic) bond motifs is 2. The molecule has 0 aromatic heterocycles. The predicted molar refractivity (Wildman–Crippen MR) is 143 cm³/mol. The molecule has 0 bridgehead atoms. The highest BCUT2D eigenvalue weighted by Crippen LogP contribution is 2.24. The Hall–Kier alpha value is -3.95. The van der Waals surface area contributed by atoms with Gasteiger partial charge in [-0.05, 0) is 44.7 Å². The van der Waals surface area contributed by atoms with Gasteiger partial charge in [0.2, 0.25) is 5.91 Å². The van der Waals surface area contributed by atoms with Crippen molar-refractivity contribution in [2.75, 3.05) is 0 Å². The first-order valence-electron chi connectivity index (χ1n) is 12.3. The first kappa shape index (κ1) is 21.6. The Balaban J connectivity index is 1.27. The maximum absolute atomic E-state index is 13.7. The lowest BCUT2D eigenvalue weighted by molar-refractivity contribution is -0.130. The highest BCUT2D eigenvalue weighted by atomic mass is 16.2. The molecule has 1 amide bonds. The summed E-state index contributed by atoms with van der Waals surface area (Å²) in [4.78, 5) is 15.7. The lowest BCUT2D eigenvalue weighted by atomic mass is 10.0. The number of amides is 1. The van der Waals surface area contributed by atoms with Crippen molar-refractivity contribution < 1.29 is 4.79 Å². The van der Waals surface area contributed by atoms with Crippen molar-refractivity contribution in [2.24, 2.45) is 0 Å². The van der Waals surface area contributed by atoms with Crippen molar-refractivity contribution in [3.05, 3.63) is 132 Å². The van der Waals surface area contributed by atoms with Gasteiger partial charge in [0, 0.05) is 13.0 Å². The number of hydrogen-bond acceptors (Lipinski definition) is 2. The van der Waals surface area contributed by atoms with Gasteiger partial charge in [-0.1, -0.05) is 115 Å². The van der Waals surface area contributed by atoms with Crippen LogP contribution in [0.25, 0.3) is 21.5 Å². The SMILES string of the molecule is O=C1[C@H](Cc2ccc3ccccc3c2)N[C@@H](Cc2ccc3ccccc3c2)N1Cc1ccccc1. The monoisotopic (exact) mass is 456 g/mol. The van der Waals surface area contributed by atoms with Crippen molar-refractivity contribution in [3.63, 3.8) is 0 Å². The fraction of sp³-hybridized carbons (Fsp3) is 0.156. The molecule has 0 saturated carbocycles. The first-order valence-corrected chi connectivity index (χ1v) is 12.3. The van der Waals surface area contributed by atoms with Crippen LogP contribution in [0, 0.1) is 0 Å². The van der Waals surface area contributed by atoms with E-state index in [1.54, 1.807) is 0 Å². The summed E-state index contributed by atoms with van der Waals surface area (Å²) in [6, 6.07) is 40.0. The molecule has 1 aliphatic rings. The maximum Gasteiger partial charge on any atom is 0.241 e. The molecule has 0 spiro atoms. The molecule has 1 heterocycles. The largest absolute Gasteiger partial charge is 0.321 e. The Morgan fingerprint density at radius 2 is 1.11 bits per heavy atom. The van der Waals surface area contributed by atoms with Gasteiger partial charge in [0.05, 0.1) is 12.2 Å². The summed E-state index contributed by atoms with van der Waals surface area (Å²) in [5.74, 6) is 0.174. The molecular weight excluding hydrogens is 428 g/mol. The number of carbonyl (C=O) groups is 1. The third-order valence-corrected chi connectivity index (χ3v) is 7.04. The molecule has 172 valence electrons. The highest BCUT2D eigenvalue weighted by Gasteiger charge is 2.38. The Morgan fingerprint density at radius 1 is 0.571 bits per heavy atom. The van der Waals surface area contributed by atoms with Gasteiger partial charge < -0.3 is 4.90 Å². The molecule has 1 fully saturated rings. The van der Waals surface area contributed by atoms with Crippen molar-refractivity contribution in [1.29, 1.82) is 0 Å². The maximum atomic E-state index is 13.7. The van der Waals surface area contributed by atoms with Gasteiger partial charge in [0.1, 0.15) is 0 Å². The van der Waals surface area contributed by atoms with E-state index in [0.29, 0.717) is 13.0 Å². The topological polar surface area (TPSA) is 32.3 Å². The summed E-state index contributed by atoms with van der Waals surface area (Å²) in [5, 5.41) is 8.59. The molecular formula is C32H28N2O. The van der Waals surface area contributed by atoms with Crippen LogP contribution in [-0.2, 0) is 24.2 Å². The van der Waals surface area contributed by atoms with Gasteiger partial charge in [-0.2, -0.15) is 0 Å². The second kappa shape index (κ2) is 9.36. The Kier molecular flexibility index (Phi) is 5.77. The van der Waals surface area contributed by atoms with Crippen LogP contribution in [0.2, 0.25) is 0 Å². The van der Waals surface area contributed by atoms with E-state index < -0.39 is 0 Å². The molecule has 0 aliphatic carbocycles. The number of rotatable bonds is 6. The standard InChI is InChI=1S/C32H28N2O/c35-32-30(20-24-14-16-26-10-4-6-12-28(26)18-24)33-31(34(32)22-23-8-2-1-3-9-23)21-25-15-17-27-11-5-7-13-29(27)19-25/h1-19,30-31,33H,20-22H2/t30-,31+/m0/s1. The van der Waals surface area contributed by atoms with Gasteiger partial charge in [-0.25, -0.2) is 0 Å². The molecule has 1 N–H and O–H groups in total. The predicted octanol–water partition coefficient (Wildman–Crippen LogP) is 6.10. The fourth-order valence-electron chi connectivity index (χ4n) is 5.22. The van der Waals surface area contributed by atoms with Crippen molar-refractivity contribution in [3.8, 4) is 0 Å². The molecule has 5 aromatic rings. The Morgan fingerprint density at radius 3 is 1.74 bits per heavy atom. The fourth-order valence-corrected chi connectivity index (χ4v) is 5.22. The second-order valence-electron chi connectivity index (χ2n) is 9.46. The highest BCUT2D eigenvalue weighted by molar-refractivity contribution is 5.86. The molecule has 3 nitrogen and oxygen atoms in total. The zero-order valence-corrected chi connectivity index (χ0v) is 19.6. The molecule has 5 aromatic carbocycles. The van der Waals surface area contributed by atoms with Crippen LogP contribution < -0.4 is 5.32 Å². The molecule has 0 unspecified atom stereocenters. The average molecular weight is 457 g/mol. The molecule has 35 heavy (non-hydrogen) atoms. The molecule has 0 radical (unpaired) electrons. The zero-order valence-electron chi connectivity index (χ0n) is 19.6. The summed E-state index contributed by atoms with van der Waals surface area (Å²) >= 11 is 0. The number of nitrogens with one attached hydrogen (secondary N) is 1. The smallest absolute Gasteiger partial charge is 0.241 e. The first-order chi connectivity index (χ1) is 17.2. The van der Waals surface area contributed by atoms with Gasteiger partial charge in [-0.3, -0.25) is 10.1 Å². The number of nitrogens with zero attached hydrogens (tertiary/aromatic N) is 1. The molecule has 1 aliphatic heterocycles. The minimum atomic E-state index is -0.231. The van der Waals surface area contributed by atoms with Crippen LogP contribution in [0.4, 0.5) is 0 Å². The lowest BCUT2D eigenvalue weighted by Gasteiger charge is -2.24. The third-order valence-electron chi connectivity index (χ3n) is 7.04.